The molecule has 0 aromatic rings. The molecular weight excluding hydrogens is 218 g/mol. The molecule has 1 fully saturated rings. The van der Waals surface area contributed by atoms with Gasteiger partial charge in [-0.1, -0.05) is 0 Å². The summed E-state index contributed by atoms with van der Waals surface area (Å²) in [5.41, 5.74) is 0. The molecular formula is C10H18ClNO3. The molecule has 0 saturated carbocycles. The number of alkyl halides is 1. The van der Waals surface area contributed by atoms with Crippen LogP contribution in [0.4, 0.5) is 0 Å². The summed E-state index contributed by atoms with van der Waals surface area (Å²) in [5, 5.41) is 0. The third kappa shape index (κ3) is 4.36. The van der Waals surface area contributed by atoms with Crippen LogP contribution in [0.25, 0.3) is 0 Å². The maximum absolute atomic E-state index is 11.6. The lowest BCUT2D eigenvalue weighted by Gasteiger charge is -2.15. The highest BCUT2D eigenvalue weighted by atomic mass is 35.5. The summed E-state index contributed by atoms with van der Waals surface area (Å²) in [6.07, 6.45) is 1.01. The first-order valence-corrected chi connectivity index (χ1v) is 5.71. The molecule has 1 atom stereocenters. The Labute approximate surface area is 95.5 Å². The largest absolute Gasteiger partial charge is 0.382 e. The van der Waals surface area contributed by atoms with Crippen LogP contribution in [0, 0.1) is 5.92 Å². The molecule has 5 heteroatoms. The van der Waals surface area contributed by atoms with E-state index in [2.05, 4.69) is 0 Å². The summed E-state index contributed by atoms with van der Waals surface area (Å²) in [6.45, 7) is 2.73. The molecule has 0 spiro atoms. The first kappa shape index (κ1) is 12.7. The highest BCUT2D eigenvalue weighted by Gasteiger charge is 2.25. The molecule has 0 aromatic carbocycles. The van der Waals surface area contributed by atoms with Gasteiger partial charge in [-0.25, -0.2) is 0 Å². The van der Waals surface area contributed by atoms with Crippen molar-refractivity contribution in [2.45, 2.75) is 6.42 Å². The molecule has 1 rings (SSSR count). The lowest BCUT2D eigenvalue weighted by Crippen LogP contribution is -2.32. The molecule has 0 aliphatic carbocycles. The van der Waals surface area contributed by atoms with Gasteiger partial charge in [0.2, 0.25) is 5.91 Å². The van der Waals surface area contributed by atoms with Gasteiger partial charge in [-0.2, -0.15) is 0 Å². The molecule has 1 saturated heterocycles. The van der Waals surface area contributed by atoms with Crippen LogP contribution in [0.1, 0.15) is 6.42 Å². The maximum atomic E-state index is 11.6. The summed E-state index contributed by atoms with van der Waals surface area (Å²) in [5.74, 6) is 1.14. The molecule has 1 amide bonds. The second kappa shape index (κ2) is 7.04. The van der Waals surface area contributed by atoms with Crippen LogP contribution in [-0.4, -0.2) is 56.7 Å². The predicted molar refractivity (Wildman–Crippen MR) is 58.1 cm³/mol. The SMILES string of the molecule is COCCOCC(=O)N1CCC(CCl)C1. The molecule has 0 N–H and O–H groups in total. The van der Waals surface area contributed by atoms with Crippen LogP contribution in [0.3, 0.4) is 0 Å². The van der Waals surface area contributed by atoms with Crippen LogP contribution in [-0.2, 0) is 14.3 Å². The Hall–Kier alpha value is -0.320. The van der Waals surface area contributed by atoms with Gasteiger partial charge in [-0.3, -0.25) is 4.79 Å². The van der Waals surface area contributed by atoms with E-state index in [4.69, 9.17) is 21.1 Å². The average molecular weight is 236 g/mol. The first-order chi connectivity index (χ1) is 7.27. The zero-order valence-corrected chi connectivity index (χ0v) is 9.83. The van der Waals surface area contributed by atoms with E-state index >= 15 is 0 Å². The normalized spacial score (nSPS) is 20.9. The summed E-state index contributed by atoms with van der Waals surface area (Å²) >= 11 is 5.74. The van der Waals surface area contributed by atoms with Gasteiger partial charge in [0.25, 0.3) is 0 Å². The average Bonchev–Trinajstić information content (AvgIpc) is 2.72. The van der Waals surface area contributed by atoms with E-state index in [1.807, 2.05) is 4.90 Å². The Morgan fingerprint density at radius 3 is 2.93 bits per heavy atom. The summed E-state index contributed by atoms with van der Waals surface area (Å²) in [7, 11) is 1.61. The Morgan fingerprint density at radius 1 is 1.53 bits per heavy atom. The van der Waals surface area contributed by atoms with Crippen molar-refractivity contribution in [1.82, 2.24) is 4.90 Å². The molecule has 0 bridgehead atoms. The second-order valence-corrected chi connectivity index (χ2v) is 4.00. The van der Waals surface area contributed by atoms with Gasteiger partial charge >= 0.3 is 0 Å². The van der Waals surface area contributed by atoms with Crippen LogP contribution >= 0.6 is 11.6 Å². The molecule has 88 valence electrons. The van der Waals surface area contributed by atoms with E-state index < -0.39 is 0 Å². The summed E-state index contributed by atoms with van der Waals surface area (Å²) in [6, 6.07) is 0. The number of carbonyl (C=O) groups excluding carboxylic acids is 1. The highest BCUT2D eigenvalue weighted by Crippen LogP contribution is 2.17. The molecule has 1 aliphatic rings. The Balaban J connectivity index is 2.12. The molecule has 15 heavy (non-hydrogen) atoms. The van der Waals surface area contributed by atoms with Crippen LogP contribution < -0.4 is 0 Å². The van der Waals surface area contributed by atoms with E-state index in [1.165, 1.54) is 0 Å². The predicted octanol–water partition coefficient (Wildman–Crippen LogP) is 0.737. The number of methoxy groups -OCH3 is 1. The molecule has 4 nitrogen and oxygen atoms in total. The van der Waals surface area contributed by atoms with Crippen molar-refractivity contribution in [3.8, 4) is 0 Å². The fourth-order valence-electron chi connectivity index (χ4n) is 1.58. The fraction of sp³-hybridized carbons (Fsp3) is 0.900. The van der Waals surface area contributed by atoms with Crippen LogP contribution in [0.15, 0.2) is 0 Å². The van der Waals surface area contributed by atoms with Gasteiger partial charge in [-0.05, 0) is 12.3 Å². The smallest absolute Gasteiger partial charge is 0.248 e. The van der Waals surface area contributed by atoms with Crippen LogP contribution in [0.5, 0.6) is 0 Å². The van der Waals surface area contributed by atoms with E-state index in [1.54, 1.807) is 7.11 Å². The number of amides is 1. The van der Waals surface area contributed by atoms with E-state index in [9.17, 15) is 4.79 Å². The first-order valence-electron chi connectivity index (χ1n) is 5.18. The van der Waals surface area contributed by atoms with E-state index in [0.717, 1.165) is 19.5 Å². The van der Waals surface area contributed by atoms with Gasteiger partial charge in [0.1, 0.15) is 6.61 Å². The van der Waals surface area contributed by atoms with Gasteiger partial charge in [0.15, 0.2) is 0 Å². The second-order valence-electron chi connectivity index (χ2n) is 3.69. The number of hydrogen-bond donors (Lipinski definition) is 0. The molecule has 1 unspecified atom stereocenters. The highest BCUT2D eigenvalue weighted by molar-refractivity contribution is 6.18. The van der Waals surface area contributed by atoms with Crippen molar-refractivity contribution in [3.05, 3.63) is 0 Å². The van der Waals surface area contributed by atoms with Gasteiger partial charge in [0, 0.05) is 26.1 Å². The molecule has 1 heterocycles. The fourth-order valence-corrected chi connectivity index (χ4v) is 1.83. The lowest BCUT2D eigenvalue weighted by molar-refractivity contribution is -0.135. The Bertz CT molecular complexity index is 201. The zero-order valence-electron chi connectivity index (χ0n) is 9.08. The van der Waals surface area contributed by atoms with Crippen molar-refractivity contribution >= 4 is 17.5 Å². The van der Waals surface area contributed by atoms with Crippen molar-refractivity contribution in [2.24, 2.45) is 5.92 Å². The quantitative estimate of drug-likeness (QED) is 0.504. The Morgan fingerprint density at radius 2 is 2.33 bits per heavy atom. The lowest BCUT2D eigenvalue weighted by atomic mass is 10.2. The number of likely N-dealkylation sites (tertiary alicyclic amines) is 1. The zero-order chi connectivity index (χ0) is 11.1. The Kier molecular flexibility index (Phi) is 5.98. The standard InChI is InChI=1S/C10H18ClNO3/c1-14-4-5-15-8-10(13)12-3-2-9(6-11)7-12/h9H,2-8H2,1H3. The monoisotopic (exact) mass is 235 g/mol. The topological polar surface area (TPSA) is 38.8 Å². The minimum atomic E-state index is 0.0544. The minimum absolute atomic E-state index is 0.0544. The maximum Gasteiger partial charge on any atom is 0.248 e. The third-order valence-electron chi connectivity index (χ3n) is 2.51. The van der Waals surface area contributed by atoms with Crippen molar-refractivity contribution in [1.29, 1.82) is 0 Å². The van der Waals surface area contributed by atoms with Gasteiger partial charge in [-0.15, -0.1) is 11.6 Å². The summed E-state index contributed by atoms with van der Waals surface area (Å²) < 4.78 is 9.98. The number of ether oxygens (including phenoxy) is 2. The van der Waals surface area contributed by atoms with E-state index in [-0.39, 0.29) is 12.5 Å². The summed E-state index contributed by atoms with van der Waals surface area (Å²) in [4.78, 5) is 13.4. The minimum Gasteiger partial charge on any atom is -0.382 e. The molecule has 0 radical (unpaired) electrons. The van der Waals surface area contributed by atoms with Crippen molar-refractivity contribution in [2.75, 3.05) is 45.9 Å². The number of halogens is 1. The van der Waals surface area contributed by atoms with Gasteiger partial charge in [0.05, 0.1) is 13.2 Å². The third-order valence-corrected chi connectivity index (χ3v) is 2.95. The van der Waals surface area contributed by atoms with Crippen LogP contribution in [0.2, 0.25) is 0 Å². The van der Waals surface area contributed by atoms with Crippen molar-refractivity contribution < 1.29 is 14.3 Å². The number of hydrogen-bond acceptors (Lipinski definition) is 3. The van der Waals surface area contributed by atoms with Crippen molar-refractivity contribution in [3.63, 3.8) is 0 Å². The molecule has 0 aromatic heterocycles. The number of nitrogens with zero attached hydrogens (tertiary/aromatic N) is 1. The van der Waals surface area contributed by atoms with E-state index in [0.29, 0.717) is 25.0 Å². The number of rotatable bonds is 6. The molecule has 1 aliphatic heterocycles. The van der Waals surface area contributed by atoms with Gasteiger partial charge < -0.3 is 14.4 Å². The number of carbonyl (C=O) groups is 1.